The van der Waals surface area contributed by atoms with E-state index in [1.165, 1.54) is 10.8 Å². The van der Waals surface area contributed by atoms with Gasteiger partial charge in [-0.1, -0.05) is 0 Å². The maximum Gasteiger partial charge on any atom is 0.332 e. The third kappa shape index (κ3) is 4.10. The molecule has 0 fully saturated rings. The molecule has 0 N–H and O–H groups in total. The highest BCUT2D eigenvalue weighted by Crippen LogP contribution is 2.24. The van der Waals surface area contributed by atoms with Gasteiger partial charge in [-0.25, -0.2) is 19.7 Å². The van der Waals surface area contributed by atoms with E-state index in [1.807, 2.05) is 37.3 Å². The Morgan fingerprint density at radius 1 is 1.03 bits per heavy atom. The van der Waals surface area contributed by atoms with Crippen molar-refractivity contribution in [3.05, 3.63) is 87.3 Å². The van der Waals surface area contributed by atoms with Crippen molar-refractivity contribution < 1.29 is 9.15 Å². The molecule has 0 saturated heterocycles. The van der Waals surface area contributed by atoms with Crippen LogP contribution in [0.5, 0.6) is 5.75 Å². The van der Waals surface area contributed by atoms with Gasteiger partial charge in [0.1, 0.15) is 22.6 Å². The van der Waals surface area contributed by atoms with E-state index in [4.69, 9.17) is 9.15 Å². The third-order valence-corrected chi connectivity index (χ3v) is 5.61. The summed E-state index contributed by atoms with van der Waals surface area (Å²) >= 11 is 0. The van der Waals surface area contributed by atoms with Gasteiger partial charge >= 0.3 is 5.69 Å². The van der Waals surface area contributed by atoms with Crippen molar-refractivity contribution in [2.75, 3.05) is 6.61 Å². The second kappa shape index (κ2) is 8.98. The molecule has 0 saturated carbocycles. The highest BCUT2D eigenvalue weighted by molar-refractivity contribution is 5.75. The van der Waals surface area contributed by atoms with Gasteiger partial charge in [0.15, 0.2) is 11.5 Å². The van der Waals surface area contributed by atoms with Gasteiger partial charge in [-0.2, -0.15) is 0 Å². The maximum atomic E-state index is 13.2. The summed E-state index contributed by atoms with van der Waals surface area (Å²) in [4.78, 5) is 43.7. The van der Waals surface area contributed by atoms with Crippen LogP contribution in [0, 0.1) is 6.92 Å². The van der Waals surface area contributed by atoms with Crippen molar-refractivity contribution in [2.24, 2.45) is 7.05 Å². The second-order valence-corrected chi connectivity index (χ2v) is 7.88. The van der Waals surface area contributed by atoms with Gasteiger partial charge in [-0.3, -0.25) is 18.9 Å². The van der Waals surface area contributed by atoms with E-state index in [-0.39, 0.29) is 17.6 Å². The molecule has 10 nitrogen and oxygen atoms in total. The first-order chi connectivity index (χ1) is 17.0. The molecule has 35 heavy (non-hydrogen) atoms. The zero-order valence-electron chi connectivity index (χ0n) is 19.4. The fourth-order valence-electron chi connectivity index (χ4n) is 3.77. The number of hydrogen-bond donors (Lipinski definition) is 0. The first kappa shape index (κ1) is 22.2. The summed E-state index contributed by atoms with van der Waals surface area (Å²) < 4.78 is 13.7. The van der Waals surface area contributed by atoms with Gasteiger partial charge in [-0.15, -0.1) is 0 Å². The van der Waals surface area contributed by atoms with Crippen molar-refractivity contribution in [1.29, 1.82) is 0 Å². The molecule has 10 heteroatoms. The molecule has 5 rings (SSSR count). The van der Waals surface area contributed by atoms with Crippen molar-refractivity contribution in [1.82, 2.24) is 29.1 Å². The first-order valence-electron chi connectivity index (χ1n) is 11.0. The molecule has 4 aromatic heterocycles. The van der Waals surface area contributed by atoms with Crippen LogP contribution in [-0.4, -0.2) is 35.7 Å². The van der Waals surface area contributed by atoms with Crippen molar-refractivity contribution in [3.63, 3.8) is 0 Å². The van der Waals surface area contributed by atoms with Gasteiger partial charge in [-0.05, 0) is 50.2 Å². The summed E-state index contributed by atoms with van der Waals surface area (Å²) in [7, 11) is 1.57. The zero-order valence-corrected chi connectivity index (χ0v) is 19.4. The van der Waals surface area contributed by atoms with Crippen LogP contribution in [0.4, 0.5) is 0 Å². The number of rotatable bonds is 6. The first-order valence-corrected chi connectivity index (χ1v) is 11.0. The summed E-state index contributed by atoms with van der Waals surface area (Å²) in [6, 6.07) is 10.9. The Hall–Kier alpha value is -4.60. The van der Waals surface area contributed by atoms with Crippen LogP contribution in [-0.2, 0) is 13.6 Å². The van der Waals surface area contributed by atoms with E-state index >= 15 is 0 Å². The molecule has 0 spiro atoms. The fraction of sp³-hybridized carbons (Fsp3) is 0.200. The number of pyridine rings is 1. The lowest BCUT2D eigenvalue weighted by atomic mass is 10.2. The lowest BCUT2D eigenvalue weighted by Gasteiger charge is -2.10. The molecule has 176 valence electrons. The maximum absolute atomic E-state index is 13.2. The molecule has 0 unspecified atom stereocenters. The Balaban J connectivity index is 1.52. The van der Waals surface area contributed by atoms with Crippen LogP contribution in [0.15, 0.2) is 69.0 Å². The zero-order chi connectivity index (χ0) is 24.5. The summed E-state index contributed by atoms with van der Waals surface area (Å²) in [5, 5.41) is 0.229. The van der Waals surface area contributed by atoms with E-state index < -0.39 is 11.2 Å². The molecule has 0 radical (unpaired) electrons. The Labute approximate surface area is 199 Å². The highest BCUT2D eigenvalue weighted by atomic mass is 16.5. The summed E-state index contributed by atoms with van der Waals surface area (Å²) in [6.07, 6.45) is 4.70. The second-order valence-electron chi connectivity index (χ2n) is 7.88. The SMILES string of the molecule is CCOc1ccc(-c2nc(Cn3c(=O)c4cnc(-c5cccnc5)nc4n(C)c3=O)c(C)o2)cc1. The Bertz CT molecular complexity index is 1640. The van der Waals surface area contributed by atoms with Crippen LogP contribution in [0.3, 0.4) is 0 Å². The molecule has 0 aliphatic heterocycles. The summed E-state index contributed by atoms with van der Waals surface area (Å²) in [5.41, 5.74) is 1.18. The Kier molecular flexibility index (Phi) is 5.69. The molecule has 0 bridgehead atoms. The molecule has 0 aliphatic carbocycles. The standard InChI is InChI=1S/C25H22N6O4/c1-4-34-18-9-7-16(8-10-18)23-28-20(15(2)35-23)14-31-24(32)19-13-27-21(17-6-5-11-26-12-17)29-22(19)30(3)25(31)33/h5-13H,4,14H2,1-3H3. The average Bonchev–Trinajstić information content (AvgIpc) is 3.26. The topological polar surface area (TPSA) is 118 Å². The predicted molar refractivity (Wildman–Crippen MR) is 129 cm³/mol. The van der Waals surface area contributed by atoms with Gasteiger partial charge in [0.25, 0.3) is 5.56 Å². The smallest absolute Gasteiger partial charge is 0.332 e. The summed E-state index contributed by atoms with van der Waals surface area (Å²) in [6.45, 7) is 4.20. The minimum Gasteiger partial charge on any atom is -0.494 e. The van der Waals surface area contributed by atoms with Crippen LogP contribution in [0.1, 0.15) is 18.4 Å². The quantitative estimate of drug-likeness (QED) is 0.372. The van der Waals surface area contributed by atoms with Gasteiger partial charge in [0.05, 0.1) is 13.2 Å². The average molecular weight is 470 g/mol. The van der Waals surface area contributed by atoms with Crippen LogP contribution in [0.2, 0.25) is 0 Å². The molecule has 1 aromatic carbocycles. The van der Waals surface area contributed by atoms with Crippen LogP contribution in [0.25, 0.3) is 33.9 Å². The molecule has 0 aliphatic rings. The van der Waals surface area contributed by atoms with Crippen molar-refractivity contribution in [3.8, 4) is 28.6 Å². The fourth-order valence-corrected chi connectivity index (χ4v) is 3.77. The van der Waals surface area contributed by atoms with E-state index in [0.29, 0.717) is 35.3 Å². The number of aryl methyl sites for hydroxylation is 2. The van der Waals surface area contributed by atoms with Crippen molar-refractivity contribution in [2.45, 2.75) is 20.4 Å². The highest BCUT2D eigenvalue weighted by Gasteiger charge is 2.18. The largest absolute Gasteiger partial charge is 0.494 e. The number of ether oxygens (including phenoxy) is 1. The number of benzene rings is 1. The molecular weight excluding hydrogens is 448 g/mol. The van der Waals surface area contributed by atoms with E-state index in [9.17, 15) is 9.59 Å². The minimum atomic E-state index is -0.511. The number of nitrogens with zero attached hydrogens (tertiary/aromatic N) is 6. The molecule has 5 aromatic rings. The number of fused-ring (bicyclic) bond motifs is 1. The molecule has 0 atom stereocenters. The number of aromatic nitrogens is 6. The number of oxazole rings is 1. The van der Waals surface area contributed by atoms with Gasteiger partial charge < -0.3 is 9.15 Å². The van der Waals surface area contributed by atoms with E-state index in [0.717, 1.165) is 15.9 Å². The predicted octanol–water partition coefficient (Wildman–Crippen LogP) is 2.96. The number of hydrogen-bond acceptors (Lipinski definition) is 8. The molecular formula is C25H22N6O4. The van der Waals surface area contributed by atoms with E-state index in [2.05, 4.69) is 19.9 Å². The lowest BCUT2D eigenvalue weighted by molar-refractivity contribution is 0.340. The van der Waals surface area contributed by atoms with Gasteiger partial charge in [0.2, 0.25) is 5.89 Å². The monoisotopic (exact) mass is 470 g/mol. The van der Waals surface area contributed by atoms with Crippen LogP contribution >= 0.6 is 0 Å². The summed E-state index contributed by atoms with van der Waals surface area (Å²) in [5.74, 6) is 2.05. The Morgan fingerprint density at radius 2 is 1.83 bits per heavy atom. The lowest BCUT2D eigenvalue weighted by Crippen LogP contribution is -2.40. The molecule has 0 amide bonds. The third-order valence-electron chi connectivity index (χ3n) is 5.61. The van der Waals surface area contributed by atoms with Crippen molar-refractivity contribution >= 4 is 11.0 Å². The normalized spacial score (nSPS) is 11.2. The molecule has 4 heterocycles. The van der Waals surface area contributed by atoms with Crippen LogP contribution < -0.4 is 16.0 Å². The Morgan fingerprint density at radius 3 is 2.54 bits per heavy atom. The minimum absolute atomic E-state index is 0.0435. The van der Waals surface area contributed by atoms with E-state index in [1.54, 1.807) is 32.4 Å². The van der Waals surface area contributed by atoms with Gasteiger partial charge in [0, 0.05) is 36.8 Å².